The van der Waals surface area contributed by atoms with E-state index in [1.807, 2.05) is 12.1 Å². The predicted molar refractivity (Wildman–Crippen MR) is 84.4 cm³/mol. The molecule has 0 aromatic heterocycles. The lowest BCUT2D eigenvalue weighted by molar-refractivity contribution is 0.233. The molecule has 1 fully saturated rings. The van der Waals surface area contributed by atoms with Gasteiger partial charge in [-0.25, -0.2) is 4.99 Å². The molecule has 0 bridgehead atoms. The van der Waals surface area contributed by atoms with E-state index >= 15 is 0 Å². The maximum absolute atomic E-state index is 6.26. The number of hydrogen-bond donors (Lipinski definition) is 4. The van der Waals surface area contributed by atoms with Crippen LogP contribution in [-0.4, -0.2) is 36.9 Å². The fraction of sp³-hybridized carbons (Fsp3) is 0.400. The van der Waals surface area contributed by atoms with Crippen molar-refractivity contribution < 1.29 is 0 Å². The number of nitrogens with one attached hydrogen (secondary N) is 2. The van der Waals surface area contributed by atoms with E-state index < -0.39 is 5.79 Å². The Balaban J connectivity index is 1.70. The molecule has 2 aliphatic rings. The van der Waals surface area contributed by atoms with Crippen LogP contribution in [0.25, 0.3) is 0 Å². The molecule has 0 amide bonds. The molecule has 2 aliphatic heterocycles. The monoisotopic (exact) mass is 286 g/mol. The predicted octanol–water partition coefficient (Wildman–Crippen LogP) is -0.365. The summed E-state index contributed by atoms with van der Waals surface area (Å²) in [4.78, 5) is 6.73. The molecule has 1 atom stereocenters. The number of nitrogens with two attached hydrogens (primary N) is 2. The third kappa shape index (κ3) is 3.24. The SMILES string of the molecule is NC1=NC(N)(c2ccc(CN3CCNCC3)cc2)NC=C1. The van der Waals surface area contributed by atoms with E-state index in [0.717, 1.165) is 38.3 Å². The van der Waals surface area contributed by atoms with Gasteiger partial charge in [-0.15, -0.1) is 0 Å². The first-order valence-corrected chi connectivity index (χ1v) is 7.27. The van der Waals surface area contributed by atoms with Crippen molar-refractivity contribution in [3.63, 3.8) is 0 Å². The van der Waals surface area contributed by atoms with Gasteiger partial charge in [-0.3, -0.25) is 10.6 Å². The molecule has 0 radical (unpaired) electrons. The number of hydrogen-bond acceptors (Lipinski definition) is 6. The molecule has 2 heterocycles. The second-order valence-electron chi connectivity index (χ2n) is 5.50. The van der Waals surface area contributed by atoms with E-state index in [-0.39, 0.29) is 0 Å². The van der Waals surface area contributed by atoms with Gasteiger partial charge in [0.05, 0.1) is 0 Å². The standard InChI is InChI=1S/C15H22N6/c16-14-5-6-19-15(17,20-14)13-3-1-12(2-4-13)11-21-9-7-18-8-10-21/h1-6,18-19H,7-11,17H2,(H2,16,20). The van der Waals surface area contributed by atoms with Crippen LogP contribution < -0.4 is 22.1 Å². The molecule has 1 aromatic rings. The van der Waals surface area contributed by atoms with Crippen LogP contribution >= 0.6 is 0 Å². The number of rotatable bonds is 3. The average Bonchev–Trinajstić information content (AvgIpc) is 2.49. The molecule has 0 saturated carbocycles. The van der Waals surface area contributed by atoms with Crippen molar-refractivity contribution in [2.24, 2.45) is 16.5 Å². The van der Waals surface area contributed by atoms with E-state index in [0.29, 0.717) is 5.84 Å². The van der Waals surface area contributed by atoms with Crippen LogP contribution in [-0.2, 0) is 12.3 Å². The van der Waals surface area contributed by atoms with Crippen LogP contribution in [0.1, 0.15) is 11.1 Å². The molecule has 0 aliphatic carbocycles. The van der Waals surface area contributed by atoms with Gasteiger partial charge in [0, 0.05) is 44.5 Å². The van der Waals surface area contributed by atoms with Crippen molar-refractivity contribution in [3.05, 3.63) is 47.7 Å². The summed E-state index contributed by atoms with van der Waals surface area (Å²) in [5.74, 6) is -0.534. The van der Waals surface area contributed by atoms with E-state index in [4.69, 9.17) is 11.5 Å². The molecule has 21 heavy (non-hydrogen) atoms. The third-order valence-corrected chi connectivity index (χ3v) is 3.87. The number of aliphatic imine (C=N–C) groups is 1. The Morgan fingerprint density at radius 2 is 1.90 bits per heavy atom. The zero-order valence-corrected chi connectivity index (χ0v) is 12.0. The maximum atomic E-state index is 6.26. The van der Waals surface area contributed by atoms with Crippen LogP contribution in [0.4, 0.5) is 0 Å². The largest absolute Gasteiger partial charge is 0.384 e. The van der Waals surface area contributed by atoms with Crippen molar-refractivity contribution >= 4 is 5.84 Å². The minimum Gasteiger partial charge on any atom is -0.384 e. The van der Waals surface area contributed by atoms with Gasteiger partial charge in [0.2, 0.25) is 5.79 Å². The lowest BCUT2D eigenvalue weighted by Gasteiger charge is -2.29. The number of nitrogens with zero attached hydrogens (tertiary/aromatic N) is 2. The molecule has 1 saturated heterocycles. The van der Waals surface area contributed by atoms with Crippen LogP contribution in [0.15, 0.2) is 41.5 Å². The molecule has 6 N–H and O–H groups in total. The molecule has 0 spiro atoms. The Hall–Kier alpha value is -1.89. The van der Waals surface area contributed by atoms with Gasteiger partial charge in [0.15, 0.2) is 0 Å². The molecule has 6 nitrogen and oxygen atoms in total. The average molecular weight is 286 g/mol. The van der Waals surface area contributed by atoms with Crippen molar-refractivity contribution in [2.75, 3.05) is 26.2 Å². The van der Waals surface area contributed by atoms with Crippen molar-refractivity contribution in [1.29, 1.82) is 0 Å². The Kier molecular flexibility index (Phi) is 3.92. The van der Waals surface area contributed by atoms with Crippen molar-refractivity contribution in [3.8, 4) is 0 Å². The van der Waals surface area contributed by atoms with Gasteiger partial charge in [-0.05, 0) is 11.6 Å². The second-order valence-corrected chi connectivity index (χ2v) is 5.50. The summed E-state index contributed by atoms with van der Waals surface area (Å²) < 4.78 is 0. The normalized spacial score (nSPS) is 26.2. The molecule has 1 aromatic carbocycles. The highest BCUT2D eigenvalue weighted by Gasteiger charge is 2.27. The molecule has 112 valence electrons. The highest BCUT2D eigenvalue weighted by Crippen LogP contribution is 2.20. The molecule has 3 rings (SSSR count). The van der Waals surface area contributed by atoms with Crippen molar-refractivity contribution in [1.82, 2.24) is 15.5 Å². The summed E-state index contributed by atoms with van der Waals surface area (Å²) in [5, 5.41) is 6.42. The topological polar surface area (TPSA) is 91.7 Å². The summed E-state index contributed by atoms with van der Waals surface area (Å²) in [5.41, 5.74) is 14.2. The van der Waals surface area contributed by atoms with Gasteiger partial charge in [0.25, 0.3) is 0 Å². The highest BCUT2D eigenvalue weighted by atomic mass is 15.3. The van der Waals surface area contributed by atoms with Gasteiger partial charge in [0.1, 0.15) is 5.84 Å². The van der Waals surface area contributed by atoms with E-state index in [2.05, 4.69) is 32.7 Å². The zero-order valence-electron chi connectivity index (χ0n) is 12.0. The summed E-state index contributed by atoms with van der Waals surface area (Å²) >= 11 is 0. The third-order valence-electron chi connectivity index (χ3n) is 3.87. The van der Waals surface area contributed by atoms with Crippen molar-refractivity contribution in [2.45, 2.75) is 12.3 Å². The lowest BCUT2D eigenvalue weighted by atomic mass is 10.0. The fourth-order valence-corrected chi connectivity index (χ4v) is 2.67. The van der Waals surface area contributed by atoms with Crippen LogP contribution in [0, 0.1) is 0 Å². The Morgan fingerprint density at radius 3 is 2.57 bits per heavy atom. The highest BCUT2D eigenvalue weighted by molar-refractivity contribution is 5.92. The van der Waals surface area contributed by atoms with Gasteiger partial charge >= 0.3 is 0 Å². The van der Waals surface area contributed by atoms with E-state index in [1.165, 1.54) is 5.56 Å². The smallest absolute Gasteiger partial charge is 0.211 e. The first-order valence-electron chi connectivity index (χ1n) is 7.27. The first kappa shape index (κ1) is 14.1. The van der Waals surface area contributed by atoms with Gasteiger partial charge in [-0.2, -0.15) is 0 Å². The number of piperazine rings is 1. The fourth-order valence-electron chi connectivity index (χ4n) is 2.67. The van der Waals surface area contributed by atoms with Crippen LogP contribution in [0.5, 0.6) is 0 Å². The second kappa shape index (κ2) is 5.85. The lowest BCUT2D eigenvalue weighted by Crippen LogP contribution is -2.49. The minimum absolute atomic E-state index is 0.432. The van der Waals surface area contributed by atoms with Gasteiger partial charge < -0.3 is 16.4 Å². The van der Waals surface area contributed by atoms with Gasteiger partial charge in [-0.1, -0.05) is 24.3 Å². The molecule has 1 unspecified atom stereocenters. The first-order chi connectivity index (χ1) is 10.2. The minimum atomic E-state index is -0.966. The summed E-state index contributed by atoms with van der Waals surface area (Å²) in [6.07, 6.45) is 3.43. The molecular formula is C15H22N6. The Bertz CT molecular complexity index is 544. The maximum Gasteiger partial charge on any atom is 0.211 e. The van der Waals surface area contributed by atoms with E-state index in [1.54, 1.807) is 12.3 Å². The Labute approximate surface area is 124 Å². The summed E-state index contributed by atoms with van der Waals surface area (Å²) in [6.45, 7) is 5.28. The quantitative estimate of drug-likeness (QED) is 0.609. The number of benzene rings is 1. The molecular weight excluding hydrogens is 264 g/mol. The Morgan fingerprint density at radius 1 is 1.19 bits per heavy atom. The summed E-state index contributed by atoms with van der Waals surface area (Å²) in [6, 6.07) is 8.25. The van der Waals surface area contributed by atoms with Crippen LogP contribution in [0.3, 0.4) is 0 Å². The summed E-state index contributed by atoms with van der Waals surface area (Å²) in [7, 11) is 0. The number of amidine groups is 1. The van der Waals surface area contributed by atoms with Crippen LogP contribution in [0.2, 0.25) is 0 Å². The molecule has 6 heteroatoms. The zero-order chi connectivity index (χ0) is 14.7. The van der Waals surface area contributed by atoms with E-state index in [9.17, 15) is 0 Å².